The first-order valence-electron chi connectivity index (χ1n) is 4.91. The Hall–Kier alpha value is -1.03. The zero-order chi connectivity index (χ0) is 11.4. The zero-order valence-electron chi connectivity index (χ0n) is 9.39. The van der Waals surface area contributed by atoms with Gasteiger partial charge in [0.25, 0.3) is 5.56 Å². The second-order valence-electron chi connectivity index (χ2n) is 3.53. The third-order valence-electron chi connectivity index (χ3n) is 2.01. The van der Waals surface area contributed by atoms with E-state index >= 15 is 0 Å². The van der Waals surface area contributed by atoms with E-state index in [-0.39, 0.29) is 5.56 Å². The molecule has 0 aliphatic carbocycles. The molecule has 0 radical (unpaired) electrons. The van der Waals surface area contributed by atoms with E-state index in [4.69, 9.17) is 0 Å². The van der Waals surface area contributed by atoms with Gasteiger partial charge in [-0.05, 0) is 20.3 Å². The number of nitrogens with one attached hydrogen (secondary N) is 1. The van der Waals surface area contributed by atoms with Crippen molar-refractivity contribution in [1.82, 2.24) is 9.97 Å². The van der Waals surface area contributed by atoms with Crippen LogP contribution in [0.5, 0.6) is 0 Å². The Labute approximate surface area is 94.0 Å². The van der Waals surface area contributed by atoms with Crippen LogP contribution in [0.3, 0.4) is 0 Å². The third kappa shape index (κ3) is 3.23. The minimum atomic E-state index is -0.0192. The summed E-state index contributed by atoms with van der Waals surface area (Å²) < 4.78 is 0. The van der Waals surface area contributed by atoms with Crippen molar-refractivity contribution in [2.45, 2.75) is 32.3 Å². The fourth-order valence-corrected chi connectivity index (χ4v) is 2.01. The van der Waals surface area contributed by atoms with Gasteiger partial charge in [0.2, 0.25) is 0 Å². The van der Waals surface area contributed by atoms with E-state index in [0.717, 1.165) is 29.0 Å². The predicted molar refractivity (Wildman–Crippen MR) is 64.5 cm³/mol. The van der Waals surface area contributed by atoms with Crippen LogP contribution in [0.15, 0.2) is 22.1 Å². The van der Waals surface area contributed by atoms with Gasteiger partial charge in [-0.15, -0.1) is 0 Å². The molecule has 0 spiro atoms. The standard InChI is InChI=1S/C11H16N2OS/c1-5-9-8(4)12-11(13-10(9)14)15-6-7(2)3/h2,5-6H2,1,3-4H3,(H,12,13,14). The average Bonchev–Trinajstić information content (AvgIpc) is 2.14. The molecule has 0 aliphatic heterocycles. The first-order valence-corrected chi connectivity index (χ1v) is 5.90. The van der Waals surface area contributed by atoms with Crippen LogP contribution in [0.1, 0.15) is 25.1 Å². The summed E-state index contributed by atoms with van der Waals surface area (Å²) in [5, 5.41) is 0.678. The maximum absolute atomic E-state index is 11.6. The lowest BCUT2D eigenvalue weighted by molar-refractivity contribution is 0.859. The summed E-state index contributed by atoms with van der Waals surface area (Å²) in [7, 11) is 0. The van der Waals surface area contributed by atoms with E-state index in [1.54, 1.807) is 0 Å². The Kier molecular flexibility index (Phi) is 4.15. The Morgan fingerprint density at radius 2 is 2.27 bits per heavy atom. The maximum atomic E-state index is 11.6. The second kappa shape index (κ2) is 5.16. The molecule has 0 aromatic carbocycles. The van der Waals surface area contributed by atoms with Crippen molar-refractivity contribution in [3.63, 3.8) is 0 Å². The molecule has 0 fully saturated rings. The molecule has 15 heavy (non-hydrogen) atoms. The Bertz CT molecular complexity index is 423. The van der Waals surface area contributed by atoms with Crippen LogP contribution in [0, 0.1) is 6.92 Å². The third-order valence-corrected chi connectivity index (χ3v) is 3.11. The van der Waals surface area contributed by atoms with Crippen molar-refractivity contribution in [3.8, 4) is 0 Å². The molecule has 82 valence electrons. The molecule has 1 heterocycles. The van der Waals surface area contributed by atoms with Crippen molar-refractivity contribution in [2.75, 3.05) is 5.75 Å². The van der Waals surface area contributed by atoms with Crippen LogP contribution in [-0.4, -0.2) is 15.7 Å². The predicted octanol–water partition coefficient (Wildman–Crippen LogP) is 2.31. The van der Waals surface area contributed by atoms with Crippen LogP contribution in [0.25, 0.3) is 0 Å². The number of aryl methyl sites for hydroxylation is 1. The van der Waals surface area contributed by atoms with Gasteiger partial charge in [0, 0.05) is 17.0 Å². The van der Waals surface area contributed by atoms with Gasteiger partial charge in [0.1, 0.15) is 0 Å². The van der Waals surface area contributed by atoms with Gasteiger partial charge < -0.3 is 4.98 Å². The minimum Gasteiger partial charge on any atom is -0.301 e. The zero-order valence-corrected chi connectivity index (χ0v) is 10.2. The van der Waals surface area contributed by atoms with E-state index in [0.29, 0.717) is 5.16 Å². The number of rotatable bonds is 4. The van der Waals surface area contributed by atoms with Crippen molar-refractivity contribution >= 4 is 11.8 Å². The molecular weight excluding hydrogens is 208 g/mol. The maximum Gasteiger partial charge on any atom is 0.254 e. The molecule has 1 aromatic heterocycles. The number of thioether (sulfide) groups is 1. The van der Waals surface area contributed by atoms with Crippen LogP contribution in [0.4, 0.5) is 0 Å². The summed E-state index contributed by atoms with van der Waals surface area (Å²) in [4.78, 5) is 18.7. The number of H-pyrrole nitrogens is 1. The molecule has 0 saturated carbocycles. The summed E-state index contributed by atoms with van der Waals surface area (Å²) >= 11 is 1.51. The highest BCUT2D eigenvalue weighted by Crippen LogP contribution is 2.15. The molecule has 0 atom stereocenters. The van der Waals surface area contributed by atoms with Gasteiger partial charge in [0.05, 0.1) is 0 Å². The van der Waals surface area contributed by atoms with Gasteiger partial charge >= 0.3 is 0 Å². The van der Waals surface area contributed by atoms with Crippen LogP contribution in [-0.2, 0) is 6.42 Å². The molecule has 0 bridgehead atoms. The van der Waals surface area contributed by atoms with Crippen LogP contribution >= 0.6 is 11.8 Å². The number of hydrogen-bond donors (Lipinski definition) is 1. The Balaban J connectivity index is 2.94. The SMILES string of the molecule is C=C(C)CSc1nc(C)c(CC)c(=O)[nH]1. The lowest BCUT2D eigenvalue weighted by Crippen LogP contribution is -2.16. The molecule has 0 saturated heterocycles. The molecule has 3 nitrogen and oxygen atoms in total. The van der Waals surface area contributed by atoms with E-state index in [1.807, 2.05) is 20.8 Å². The molecule has 1 aromatic rings. The van der Waals surface area contributed by atoms with Crippen molar-refractivity contribution in [2.24, 2.45) is 0 Å². The van der Waals surface area contributed by atoms with E-state index in [1.165, 1.54) is 11.8 Å². The summed E-state index contributed by atoms with van der Waals surface area (Å²) in [6.45, 7) is 9.60. The number of aromatic amines is 1. The number of nitrogens with zero attached hydrogens (tertiary/aromatic N) is 1. The lowest BCUT2D eigenvalue weighted by atomic mass is 10.2. The van der Waals surface area contributed by atoms with Gasteiger partial charge in [-0.1, -0.05) is 30.8 Å². The summed E-state index contributed by atoms with van der Waals surface area (Å²) in [6, 6.07) is 0. The highest BCUT2D eigenvalue weighted by Gasteiger charge is 2.06. The minimum absolute atomic E-state index is 0.0192. The van der Waals surface area contributed by atoms with Crippen molar-refractivity contribution in [1.29, 1.82) is 0 Å². The smallest absolute Gasteiger partial charge is 0.254 e. The average molecular weight is 224 g/mol. The Morgan fingerprint density at radius 1 is 1.60 bits per heavy atom. The molecule has 0 aliphatic rings. The van der Waals surface area contributed by atoms with Gasteiger partial charge in [0.15, 0.2) is 5.16 Å². The van der Waals surface area contributed by atoms with Crippen LogP contribution in [0.2, 0.25) is 0 Å². The summed E-state index contributed by atoms with van der Waals surface area (Å²) in [5.74, 6) is 0.786. The molecular formula is C11H16N2OS. The number of aromatic nitrogens is 2. The first kappa shape index (κ1) is 12.0. The van der Waals surface area contributed by atoms with Gasteiger partial charge in [-0.3, -0.25) is 4.79 Å². The fraction of sp³-hybridized carbons (Fsp3) is 0.455. The van der Waals surface area contributed by atoms with Crippen molar-refractivity contribution in [3.05, 3.63) is 33.8 Å². The fourth-order valence-electron chi connectivity index (χ4n) is 1.26. The van der Waals surface area contributed by atoms with Crippen molar-refractivity contribution < 1.29 is 0 Å². The largest absolute Gasteiger partial charge is 0.301 e. The number of hydrogen-bond acceptors (Lipinski definition) is 3. The van der Waals surface area contributed by atoms with E-state index in [2.05, 4.69) is 16.5 Å². The quantitative estimate of drug-likeness (QED) is 0.485. The molecule has 0 unspecified atom stereocenters. The normalized spacial score (nSPS) is 10.3. The molecule has 4 heteroatoms. The highest BCUT2D eigenvalue weighted by molar-refractivity contribution is 7.99. The van der Waals surface area contributed by atoms with Crippen LogP contribution < -0.4 is 5.56 Å². The molecule has 0 amide bonds. The Morgan fingerprint density at radius 3 is 2.73 bits per heavy atom. The topological polar surface area (TPSA) is 45.8 Å². The van der Waals surface area contributed by atoms with E-state index < -0.39 is 0 Å². The van der Waals surface area contributed by atoms with E-state index in [9.17, 15) is 4.79 Å². The monoisotopic (exact) mass is 224 g/mol. The molecule has 1 rings (SSSR count). The summed E-state index contributed by atoms with van der Waals surface area (Å²) in [5.41, 5.74) is 2.65. The van der Waals surface area contributed by atoms with Gasteiger partial charge in [-0.2, -0.15) is 0 Å². The van der Waals surface area contributed by atoms with Gasteiger partial charge in [-0.25, -0.2) is 4.98 Å². The first-order chi connectivity index (χ1) is 7.04. The summed E-state index contributed by atoms with van der Waals surface area (Å²) in [6.07, 6.45) is 0.722. The lowest BCUT2D eigenvalue weighted by Gasteiger charge is -2.04. The second-order valence-corrected chi connectivity index (χ2v) is 4.50. The molecule has 1 N–H and O–H groups in total. The highest BCUT2D eigenvalue weighted by atomic mass is 32.2.